The zero-order chi connectivity index (χ0) is 46.9. The van der Waals surface area contributed by atoms with Gasteiger partial charge in [0.1, 0.15) is 28.6 Å². The van der Waals surface area contributed by atoms with Crippen molar-refractivity contribution in [3.05, 3.63) is 24.3 Å². The van der Waals surface area contributed by atoms with Crippen molar-refractivity contribution in [3.63, 3.8) is 0 Å². The Balaban J connectivity index is 1.12. The molecule has 0 N–H and O–H groups in total. The van der Waals surface area contributed by atoms with Crippen LogP contribution in [0.5, 0.6) is 0 Å². The van der Waals surface area contributed by atoms with Gasteiger partial charge < -0.3 is 28.1 Å². The molecule has 0 amide bonds. The summed E-state index contributed by atoms with van der Waals surface area (Å²) < 4.78 is 65.7. The van der Waals surface area contributed by atoms with Crippen LogP contribution in [-0.2, 0) is 18.3 Å². The lowest BCUT2D eigenvalue weighted by Gasteiger charge is -2.45. The first-order valence-electron chi connectivity index (χ1n) is 30.1. The van der Waals surface area contributed by atoms with Gasteiger partial charge in [-0.2, -0.15) is 0 Å². The third-order valence-electron chi connectivity index (χ3n) is 20.7. The summed E-state index contributed by atoms with van der Waals surface area (Å²) in [6, 6.07) is 9.33. The molecule has 0 bridgehead atoms. The van der Waals surface area contributed by atoms with Crippen LogP contribution in [0, 0.1) is 0 Å². The van der Waals surface area contributed by atoms with E-state index in [0.717, 1.165) is 114 Å². The Morgan fingerprint density at radius 3 is 0.515 bits per heavy atom. The highest BCUT2D eigenvalue weighted by Crippen LogP contribution is 2.69. The molecule has 8 fully saturated rings. The summed E-state index contributed by atoms with van der Waals surface area (Å²) in [6.07, 6.45) is 49.3. The first kappa shape index (κ1) is 52.6. The minimum atomic E-state index is -2.69. The SMILES string of the molecule is O=P(CN(CP(=O)(C1CCCCC1)C1CCCCC1)c1ccc(N(CP(=O)(C2CCCCC2)C2CCCCC2)CP(=O)(C2CCCCC2)C2CCCCC2)cc1)(C1CCCCC1)C1CCCCC1. The van der Waals surface area contributed by atoms with Crippen molar-refractivity contribution in [2.75, 3.05) is 34.9 Å². The Morgan fingerprint density at radius 2 is 0.382 bits per heavy atom. The van der Waals surface area contributed by atoms with E-state index in [4.69, 9.17) is 0 Å². The highest BCUT2D eigenvalue weighted by Gasteiger charge is 2.49. The Labute approximate surface area is 417 Å². The maximum absolute atomic E-state index is 16.4. The monoisotopic (exact) mass is 1010 g/mol. The van der Waals surface area contributed by atoms with Gasteiger partial charge in [0.05, 0.1) is 25.1 Å². The zero-order valence-corrected chi connectivity index (χ0v) is 46.9. The van der Waals surface area contributed by atoms with Gasteiger partial charge in [-0.15, -0.1) is 0 Å². The number of rotatable bonds is 18. The normalized spacial score (nSPS) is 25.6. The average molecular weight is 1010 g/mol. The molecule has 1 aromatic rings. The molecule has 10 heteroatoms. The van der Waals surface area contributed by atoms with Crippen LogP contribution >= 0.6 is 28.6 Å². The highest BCUT2D eigenvalue weighted by molar-refractivity contribution is 7.67. The lowest BCUT2D eigenvalue weighted by Crippen LogP contribution is -2.38. The quantitative estimate of drug-likeness (QED) is 0.136. The van der Waals surface area contributed by atoms with E-state index in [0.29, 0.717) is 70.4 Å². The van der Waals surface area contributed by atoms with Crippen LogP contribution in [0.1, 0.15) is 257 Å². The summed E-state index contributed by atoms with van der Waals surface area (Å²) in [5.41, 5.74) is 4.57. The summed E-state index contributed by atoms with van der Waals surface area (Å²) in [5.74, 6) is 0. The van der Waals surface area contributed by atoms with E-state index < -0.39 is 28.6 Å². The van der Waals surface area contributed by atoms with Gasteiger partial charge in [0.25, 0.3) is 0 Å². The molecule has 8 aliphatic carbocycles. The molecule has 386 valence electrons. The third-order valence-corrected chi connectivity index (χ3v) is 37.8. The Morgan fingerprint density at radius 1 is 0.250 bits per heavy atom. The van der Waals surface area contributed by atoms with Gasteiger partial charge in [-0.3, -0.25) is 0 Å². The smallest absolute Gasteiger partial charge is 0.112 e. The molecule has 8 aliphatic rings. The minimum absolute atomic E-state index is 0.294. The van der Waals surface area contributed by atoms with Gasteiger partial charge in [0.15, 0.2) is 0 Å². The van der Waals surface area contributed by atoms with E-state index in [2.05, 4.69) is 34.1 Å². The van der Waals surface area contributed by atoms with Crippen molar-refractivity contribution in [1.82, 2.24) is 0 Å². The molecule has 0 atom stereocenters. The molecular formula is C58H100N2O4P4. The fraction of sp³-hybridized carbons (Fsp3) is 0.897. The molecule has 0 unspecified atom stereocenters. The summed E-state index contributed by atoms with van der Waals surface area (Å²) in [5, 5.41) is 0. The average Bonchev–Trinajstić information content (AvgIpc) is 3.42. The van der Waals surface area contributed by atoms with Gasteiger partial charge in [0, 0.05) is 56.6 Å². The predicted molar refractivity (Wildman–Crippen MR) is 296 cm³/mol. The summed E-state index contributed by atoms with van der Waals surface area (Å²) in [4.78, 5) is 5.04. The Kier molecular flexibility index (Phi) is 19.2. The largest absolute Gasteiger partial charge is 0.357 e. The molecule has 6 nitrogen and oxygen atoms in total. The van der Waals surface area contributed by atoms with Crippen molar-refractivity contribution in [2.24, 2.45) is 0 Å². The second kappa shape index (κ2) is 24.8. The van der Waals surface area contributed by atoms with E-state index in [9.17, 15) is 0 Å². The molecule has 8 saturated carbocycles. The molecule has 0 saturated heterocycles. The molecular weight excluding hydrogens is 913 g/mol. The van der Waals surface area contributed by atoms with E-state index in [1.807, 2.05) is 0 Å². The fourth-order valence-electron chi connectivity index (χ4n) is 16.6. The number of hydrogen-bond acceptors (Lipinski definition) is 6. The first-order valence-corrected chi connectivity index (χ1v) is 38.2. The van der Waals surface area contributed by atoms with E-state index in [1.165, 1.54) is 154 Å². The maximum Gasteiger partial charge on any atom is 0.112 e. The first-order chi connectivity index (χ1) is 33.2. The van der Waals surface area contributed by atoms with Crippen LogP contribution in [0.3, 0.4) is 0 Å². The summed E-state index contributed by atoms with van der Waals surface area (Å²) >= 11 is 0. The maximum atomic E-state index is 16.4. The van der Waals surface area contributed by atoms with Gasteiger partial charge in [0.2, 0.25) is 0 Å². The number of hydrogen-bond donors (Lipinski definition) is 0. The molecule has 0 aliphatic heterocycles. The van der Waals surface area contributed by atoms with Gasteiger partial charge >= 0.3 is 0 Å². The lowest BCUT2D eigenvalue weighted by atomic mass is 9.99. The Bertz CT molecular complexity index is 1540. The van der Waals surface area contributed by atoms with Crippen LogP contribution in [0.25, 0.3) is 0 Å². The molecule has 0 radical (unpaired) electrons. The molecule has 0 heterocycles. The van der Waals surface area contributed by atoms with Crippen LogP contribution < -0.4 is 9.80 Å². The molecule has 9 rings (SSSR count). The lowest BCUT2D eigenvalue weighted by molar-refractivity contribution is 0.442. The molecule has 0 spiro atoms. The summed E-state index contributed by atoms with van der Waals surface area (Å²) in [7, 11) is -10.8. The minimum Gasteiger partial charge on any atom is -0.357 e. The topological polar surface area (TPSA) is 74.8 Å². The van der Waals surface area contributed by atoms with Crippen molar-refractivity contribution in [3.8, 4) is 0 Å². The number of anilines is 2. The molecule has 1 aromatic carbocycles. The van der Waals surface area contributed by atoms with E-state index >= 15 is 18.3 Å². The van der Waals surface area contributed by atoms with Crippen molar-refractivity contribution in [1.29, 1.82) is 0 Å². The Hall–Kier alpha value is -0.260. The molecule has 68 heavy (non-hydrogen) atoms. The van der Waals surface area contributed by atoms with E-state index in [-0.39, 0.29) is 0 Å². The predicted octanol–water partition coefficient (Wildman–Crippen LogP) is 19.2. The third kappa shape index (κ3) is 12.3. The van der Waals surface area contributed by atoms with Crippen molar-refractivity contribution < 1.29 is 18.3 Å². The number of benzene rings is 1. The highest BCUT2D eigenvalue weighted by atomic mass is 31.2. The second-order valence-electron chi connectivity index (χ2n) is 24.9. The van der Waals surface area contributed by atoms with Crippen LogP contribution in [-0.4, -0.2) is 70.4 Å². The van der Waals surface area contributed by atoms with Crippen molar-refractivity contribution in [2.45, 2.75) is 302 Å². The van der Waals surface area contributed by atoms with Crippen LogP contribution in [0.2, 0.25) is 0 Å². The van der Waals surface area contributed by atoms with Gasteiger partial charge in [-0.05, 0) is 127 Å². The second-order valence-corrected chi connectivity index (χ2v) is 38.7. The fourth-order valence-corrected chi connectivity index (χ4v) is 34.3. The standard InChI is InChI=1S/C58H100N2O4P4/c61-65(51-25-9-1-10-26-51,52-27-11-2-12-28-52)45-59(46-66(62,53-29-13-3-14-30-53)54-31-15-4-16-32-54)49-41-43-50(44-42-49)60(47-67(63,55-33-17-5-18-34-55)56-35-19-6-20-36-56)48-68(64,57-37-21-7-22-38-57)58-39-23-8-24-40-58/h41-44,51-58H,1-40,45-48H2. The van der Waals surface area contributed by atoms with Crippen molar-refractivity contribution >= 4 is 39.9 Å². The van der Waals surface area contributed by atoms with Crippen LogP contribution in [0.4, 0.5) is 11.4 Å². The van der Waals surface area contributed by atoms with Gasteiger partial charge in [-0.1, -0.05) is 154 Å². The zero-order valence-electron chi connectivity index (χ0n) is 43.4. The summed E-state index contributed by atoms with van der Waals surface area (Å²) in [6.45, 7) is 0. The van der Waals surface area contributed by atoms with E-state index in [1.54, 1.807) is 0 Å². The number of nitrogens with zero attached hydrogens (tertiary/aromatic N) is 2. The van der Waals surface area contributed by atoms with Gasteiger partial charge in [-0.25, -0.2) is 0 Å². The van der Waals surface area contributed by atoms with Crippen LogP contribution in [0.15, 0.2) is 24.3 Å². The molecule has 0 aromatic heterocycles.